The molecule has 0 saturated carbocycles. The molecule has 0 bridgehead atoms. The van der Waals surface area contributed by atoms with Crippen LogP contribution in [0.25, 0.3) is 0 Å². The van der Waals surface area contributed by atoms with E-state index in [0.29, 0.717) is 12.8 Å². The summed E-state index contributed by atoms with van der Waals surface area (Å²) < 4.78 is 5.65. The first-order chi connectivity index (χ1) is 14.2. The van der Waals surface area contributed by atoms with Crippen LogP contribution in [0.15, 0.2) is 54.6 Å². The van der Waals surface area contributed by atoms with Gasteiger partial charge in [0.1, 0.15) is 5.60 Å². The van der Waals surface area contributed by atoms with E-state index in [0.717, 1.165) is 17.5 Å². The molecule has 1 fully saturated rings. The molecule has 3 rings (SSSR count). The summed E-state index contributed by atoms with van der Waals surface area (Å²) in [6, 6.07) is 15.5. The molecule has 3 atom stereocenters. The van der Waals surface area contributed by atoms with Crippen molar-refractivity contribution in [3.05, 3.63) is 71.3 Å². The fourth-order valence-corrected chi connectivity index (χ4v) is 3.95. The number of aliphatic hydroxyl groups excluding tert-OH is 1. The first kappa shape index (κ1) is 21.8. The third kappa shape index (κ3) is 5.19. The van der Waals surface area contributed by atoms with Gasteiger partial charge in [0.2, 0.25) is 0 Å². The van der Waals surface area contributed by atoms with Gasteiger partial charge >= 0.3 is 12.1 Å². The van der Waals surface area contributed by atoms with Crippen molar-refractivity contribution in [1.29, 1.82) is 0 Å². The molecule has 1 heterocycles. The van der Waals surface area contributed by atoms with Crippen LogP contribution in [0.1, 0.15) is 61.2 Å². The van der Waals surface area contributed by atoms with E-state index in [2.05, 4.69) is 0 Å². The van der Waals surface area contributed by atoms with Gasteiger partial charge in [-0.15, -0.1) is 0 Å². The van der Waals surface area contributed by atoms with Crippen LogP contribution in [-0.2, 0) is 11.2 Å². The highest BCUT2D eigenvalue weighted by Gasteiger charge is 2.42. The van der Waals surface area contributed by atoms with Crippen molar-refractivity contribution in [2.45, 2.75) is 63.8 Å². The van der Waals surface area contributed by atoms with Crippen molar-refractivity contribution in [1.82, 2.24) is 4.90 Å². The summed E-state index contributed by atoms with van der Waals surface area (Å²) in [6.07, 6.45) is 0.712. The van der Waals surface area contributed by atoms with E-state index in [1.54, 1.807) is 29.2 Å². The van der Waals surface area contributed by atoms with E-state index >= 15 is 0 Å². The Kier molecular flexibility index (Phi) is 6.46. The fraction of sp³-hybridized carbons (Fsp3) is 0.417. The molecule has 1 aliphatic heterocycles. The largest absolute Gasteiger partial charge is 0.478 e. The fourth-order valence-electron chi connectivity index (χ4n) is 3.95. The maximum atomic E-state index is 13.1. The van der Waals surface area contributed by atoms with Crippen LogP contribution in [0, 0.1) is 0 Å². The number of carboxylic acids is 1. The lowest BCUT2D eigenvalue weighted by atomic mass is 10.0. The van der Waals surface area contributed by atoms with Crippen LogP contribution in [0.4, 0.5) is 4.79 Å². The molecular formula is C24H29NO5. The van der Waals surface area contributed by atoms with Gasteiger partial charge in [-0.3, -0.25) is 4.90 Å². The van der Waals surface area contributed by atoms with Crippen molar-refractivity contribution in [3.63, 3.8) is 0 Å². The van der Waals surface area contributed by atoms with Crippen LogP contribution in [0.2, 0.25) is 0 Å². The van der Waals surface area contributed by atoms with Crippen LogP contribution >= 0.6 is 0 Å². The summed E-state index contributed by atoms with van der Waals surface area (Å²) >= 11 is 0. The molecule has 160 valence electrons. The quantitative estimate of drug-likeness (QED) is 0.760. The number of carboxylic acid groups (broad SMARTS) is 1. The molecule has 1 saturated heterocycles. The van der Waals surface area contributed by atoms with E-state index in [1.165, 1.54) is 0 Å². The number of ether oxygens (including phenoxy) is 1. The first-order valence-electron chi connectivity index (χ1n) is 10.2. The summed E-state index contributed by atoms with van der Waals surface area (Å²) in [7, 11) is 0. The highest BCUT2D eigenvalue weighted by molar-refractivity contribution is 5.87. The lowest BCUT2D eigenvalue weighted by molar-refractivity contribution is -0.00453. The van der Waals surface area contributed by atoms with Gasteiger partial charge in [-0.25, -0.2) is 9.59 Å². The Morgan fingerprint density at radius 1 is 1.07 bits per heavy atom. The minimum absolute atomic E-state index is 0.140. The lowest BCUT2D eigenvalue weighted by Gasteiger charge is -2.35. The van der Waals surface area contributed by atoms with Crippen LogP contribution in [0.3, 0.4) is 0 Å². The predicted molar refractivity (Wildman–Crippen MR) is 113 cm³/mol. The molecule has 1 amide bonds. The highest BCUT2D eigenvalue weighted by atomic mass is 16.6. The molecule has 0 radical (unpaired) electrons. The van der Waals surface area contributed by atoms with Gasteiger partial charge in [0, 0.05) is 6.04 Å². The average Bonchev–Trinajstić information content (AvgIpc) is 3.11. The van der Waals surface area contributed by atoms with Gasteiger partial charge < -0.3 is 14.9 Å². The molecule has 2 aromatic rings. The SMILES string of the molecule is CC(C)(C)OC(=O)N1C(Cc2ccc(C(=O)O)cc2)CC[C@@H]1C(O)c1ccccc1. The van der Waals surface area contributed by atoms with Gasteiger partial charge in [0.15, 0.2) is 0 Å². The molecule has 2 aromatic carbocycles. The predicted octanol–water partition coefficient (Wildman–Crippen LogP) is 4.43. The molecular weight excluding hydrogens is 382 g/mol. The van der Waals surface area contributed by atoms with Crippen molar-refractivity contribution < 1.29 is 24.5 Å². The van der Waals surface area contributed by atoms with E-state index in [1.807, 2.05) is 51.1 Å². The van der Waals surface area contributed by atoms with E-state index in [9.17, 15) is 14.7 Å². The summed E-state index contributed by atoms with van der Waals surface area (Å²) in [4.78, 5) is 25.8. The van der Waals surface area contributed by atoms with Crippen LogP contribution in [-0.4, -0.2) is 44.9 Å². The maximum Gasteiger partial charge on any atom is 0.410 e. The number of hydrogen-bond donors (Lipinski definition) is 2. The van der Waals surface area contributed by atoms with E-state index < -0.39 is 23.8 Å². The zero-order valence-electron chi connectivity index (χ0n) is 17.6. The van der Waals surface area contributed by atoms with Gasteiger partial charge in [-0.05, 0) is 63.3 Å². The summed E-state index contributed by atoms with van der Waals surface area (Å²) in [5.41, 5.74) is 1.29. The Morgan fingerprint density at radius 2 is 1.70 bits per heavy atom. The second kappa shape index (κ2) is 8.88. The minimum Gasteiger partial charge on any atom is -0.478 e. The van der Waals surface area contributed by atoms with Crippen molar-refractivity contribution >= 4 is 12.1 Å². The summed E-state index contributed by atoms with van der Waals surface area (Å²) in [6.45, 7) is 5.47. The Labute approximate surface area is 177 Å². The molecule has 2 N–H and O–H groups in total. The molecule has 1 aliphatic rings. The van der Waals surface area contributed by atoms with E-state index in [4.69, 9.17) is 9.84 Å². The van der Waals surface area contributed by atoms with Crippen LogP contribution in [0.5, 0.6) is 0 Å². The summed E-state index contributed by atoms with van der Waals surface area (Å²) in [5, 5.41) is 20.1. The number of aliphatic hydroxyl groups is 1. The maximum absolute atomic E-state index is 13.1. The van der Waals surface area contributed by atoms with Crippen LogP contribution < -0.4 is 0 Å². The standard InChI is InChI=1S/C24H29NO5/c1-24(2,3)30-23(29)25-19(15-16-9-11-18(12-10-16)22(27)28)13-14-20(25)21(26)17-7-5-4-6-8-17/h4-12,19-21,26H,13-15H2,1-3H3,(H,27,28)/t19?,20-,21?/m1/s1. The number of rotatable bonds is 5. The molecule has 2 unspecified atom stereocenters. The normalized spacial score (nSPS) is 20.1. The van der Waals surface area contributed by atoms with Gasteiger partial charge in [0.25, 0.3) is 0 Å². The zero-order chi connectivity index (χ0) is 21.9. The first-order valence-corrected chi connectivity index (χ1v) is 10.2. The number of aromatic carboxylic acids is 1. The number of amides is 1. The lowest BCUT2D eigenvalue weighted by Crippen LogP contribution is -2.47. The monoisotopic (exact) mass is 411 g/mol. The summed E-state index contributed by atoms with van der Waals surface area (Å²) in [5.74, 6) is -0.969. The Bertz CT molecular complexity index is 873. The highest BCUT2D eigenvalue weighted by Crippen LogP contribution is 2.35. The van der Waals surface area contributed by atoms with E-state index in [-0.39, 0.29) is 17.6 Å². The Morgan fingerprint density at radius 3 is 2.27 bits per heavy atom. The third-order valence-corrected chi connectivity index (χ3v) is 5.33. The Balaban J connectivity index is 1.84. The number of benzene rings is 2. The smallest absolute Gasteiger partial charge is 0.410 e. The number of likely N-dealkylation sites (tertiary alicyclic amines) is 1. The number of hydrogen-bond acceptors (Lipinski definition) is 4. The van der Waals surface area contributed by atoms with Crippen molar-refractivity contribution in [2.75, 3.05) is 0 Å². The Hall–Kier alpha value is -2.86. The molecule has 0 aliphatic carbocycles. The second-order valence-corrected chi connectivity index (χ2v) is 8.75. The van der Waals surface area contributed by atoms with Crippen molar-refractivity contribution in [2.24, 2.45) is 0 Å². The van der Waals surface area contributed by atoms with Gasteiger partial charge in [-0.1, -0.05) is 42.5 Å². The molecule has 6 nitrogen and oxygen atoms in total. The minimum atomic E-state index is -0.969. The average molecular weight is 411 g/mol. The molecule has 0 aromatic heterocycles. The van der Waals surface area contributed by atoms with Gasteiger partial charge in [0.05, 0.1) is 17.7 Å². The number of carbonyl (C=O) groups excluding carboxylic acids is 1. The van der Waals surface area contributed by atoms with Gasteiger partial charge in [-0.2, -0.15) is 0 Å². The topological polar surface area (TPSA) is 87.1 Å². The zero-order valence-corrected chi connectivity index (χ0v) is 17.6. The second-order valence-electron chi connectivity index (χ2n) is 8.75. The van der Waals surface area contributed by atoms with Crippen molar-refractivity contribution in [3.8, 4) is 0 Å². The number of carbonyl (C=O) groups is 2. The molecule has 6 heteroatoms. The molecule has 0 spiro atoms. The molecule has 30 heavy (non-hydrogen) atoms. The number of nitrogens with zero attached hydrogens (tertiary/aromatic N) is 1. The third-order valence-electron chi connectivity index (χ3n) is 5.33.